The van der Waals surface area contributed by atoms with E-state index in [2.05, 4.69) is 5.32 Å². The summed E-state index contributed by atoms with van der Waals surface area (Å²) in [7, 11) is 0. The minimum atomic E-state index is -1.02. The number of para-hydroxylation sites is 1. The van der Waals surface area contributed by atoms with Crippen molar-refractivity contribution in [3.8, 4) is 5.75 Å². The van der Waals surface area contributed by atoms with Gasteiger partial charge >= 0.3 is 0 Å². The maximum atomic E-state index is 14.2. The quantitative estimate of drug-likeness (QED) is 0.601. The number of hydrogen-bond donors (Lipinski definition) is 2. The number of anilines is 1. The van der Waals surface area contributed by atoms with Crippen LogP contribution >= 0.6 is 0 Å². The number of fused-ring (bicyclic) bond motifs is 6. The molecule has 2 bridgehead atoms. The number of hydrogen-bond acceptors (Lipinski definition) is 4. The normalized spacial score (nSPS) is 16.7. The Balaban J connectivity index is 1.50. The van der Waals surface area contributed by atoms with Crippen LogP contribution in [0.2, 0.25) is 0 Å². The number of aromatic hydroxyl groups is 1. The van der Waals surface area contributed by atoms with E-state index in [1.165, 1.54) is 10.8 Å². The van der Waals surface area contributed by atoms with Gasteiger partial charge in [0.2, 0.25) is 5.43 Å². The van der Waals surface area contributed by atoms with Crippen LogP contribution in [-0.2, 0) is 13.0 Å². The first-order chi connectivity index (χ1) is 16.8. The first-order valence-corrected chi connectivity index (χ1v) is 11.4. The number of rotatable bonds is 3. The van der Waals surface area contributed by atoms with Crippen LogP contribution in [0.1, 0.15) is 56.4 Å². The predicted molar refractivity (Wildman–Crippen MR) is 125 cm³/mol. The molecule has 0 saturated carbocycles. The van der Waals surface area contributed by atoms with Gasteiger partial charge < -0.3 is 19.9 Å². The van der Waals surface area contributed by atoms with E-state index in [0.717, 1.165) is 36.2 Å². The summed E-state index contributed by atoms with van der Waals surface area (Å²) in [6.45, 7) is 1.39. The Morgan fingerprint density at radius 1 is 1.17 bits per heavy atom. The van der Waals surface area contributed by atoms with Gasteiger partial charge in [-0.1, -0.05) is 18.2 Å². The van der Waals surface area contributed by atoms with Gasteiger partial charge in [0.25, 0.3) is 11.8 Å². The van der Waals surface area contributed by atoms with Gasteiger partial charge in [0.15, 0.2) is 11.4 Å². The summed E-state index contributed by atoms with van der Waals surface area (Å²) in [5, 5.41) is 13.1. The minimum Gasteiger partial charge on any atom is -0.503 e. The number of pyridine rings is 1. The van der Waals surface area contributed by atoms with Gasteiger partial charge in [-0.3, -0.25) is 14.4 Å². The first-order valence-electron chi connectivity index (χ1n) is 11.4. The van der Waals surface area contributed by atoms with E-state index < -0.39 is 46.7 Å². The average molecular weight is 479 g/mol. The van der Waals surface area contributed by atoms with Crippen molar-refractivity contribution in [2.75, 3.05) is 11.4 Å². The topological polar surface area (TPSA) is 91.6 Å². The number of aromatic nitrogens is 1. The molecule has 1 atom stereocenters. The Labute approximate surface area is 199 Å². The molecule has 9 heteroatoms. The lowest BCUT2D eigenvalue weighted by Crippen LogP contribution is -2.46. The lowest BCUT2D eigenvalue weighted by molar-refractivity contribution is 0.0927. The Kier molecular flexibility index (Phi) is 5.62. The highest BCUT2D eigenvalue weighted by atomic mass is 19.1. The summed E-state index contributed by atoms with van der Waals surface area (Å²) in [4.78, 5) is 40.6. The number of nitrogens with zero attached hydrogens (tertiary/aromatic N) is 2. The third-order valence-electron chi connectivity index (χ3n) is 6.67. The van der Waals surface area contributed by atoms with Gasteiger partial charge in [-0.05, 0) is 55.5 Å². The molecular formula is C26H23F2N3O4. The van der Waals surface area contributed by atoms with Gasteiger partial charge in [-0.15, -0.1) is 0 Å². The van der Waals surface area contributed by atoms with E-state index in [-0.39, 0.29) is 17.3 Å². The molecule has 2 amide bonds. The second-order valence-corrected chi connectivity index (χ2v) is 8.96. The summed E-state index contributed by atoms with van der Waals surface area (Å²) >= 11 is 0. The molecule has 0 unspecified atom stereocenters. The van der Waals surface area contributed by atoms with Gasteiger partial charge in [-0.25, -0.2) is 8.78 Å². The fourth-order valence-corrected chi connectivity index (χ4v) is 4.90. The van der Waals surface area contributed by atoms with Crippen LogP contribution in [0.5, 0.6) is 5.75 Å². The fourth-order valence-electron chi connectivity index (χ4n) is 4.90. The number of aryl methyl sites for hydroxylation is 2. The number of nitrogens with one attached hydrogen (secondary N) is 1. The highest BCUT2D eigenvalue weighted by Crippen LogP contribution is 2.36. The van der Waals surface area contributed by atoms with Crippen molar-refractivity contribution in [3.05, 3.63) is 92.4 Å². The van der Waals surface area contributed by atoms with E-state index in [9.17, 15) is 28.3 Å². The zero-order valence-electron chi connectivity index (χ0n) is 19.0. The Bertz CT molecular complexity index is 1410. The molecule has 3 heterocycles. The SMILES string of the molecule is Cc1cc(F)c(CNC(=O)c2cn3c(c(O)c2=O)C(=O)N2C[C@H]3CCCc3ccccc32)c(F)c1. The molecule has 2 N–H and O–H groups in total. The largest absolute Gasteiger partial charge is 0.503 e. The van der Waals surface area contributed by atoms with Crippen LogP contribution in [0.25, 0.3) is 0 Å². The summed E-state index contributed by atoms with van der Waals surface area (Å²) in [6.07, 6.45) is 3.50. The number of carbonyl (C=O) groups excluding carboxylic acids is 2. The highest BCUT2D eigenvalue weighted by molar-refractivity contribution is 6.08. The smallest absolute Gasteiger partial charge is 0.279 e. The van der Waals surface area contributed by atoms with Crippen LogP contribution in [0.3, 0.4) is 0 Å². The molecule has 0 saturated heterocycles. The second-order valence-electron chi connectivity index (χ2n) is 8.96. The van der Waals surface area contributed by atoms with Crippen molar-refractivity contribution in [1.29, 1.82) is 0 Å². The van der Waals surface area contributed by atoms with Crippen LogP contribution in [0.4, 0.5) is 14.5 Å². The molecule has 0 aliphatic carbocycles. The minimum absolute atomic E-state index is 0.171. The zero-order chi connectivity index (χ0) is 24.9. The number of benzene rings is 2. The molecule has 2 aliphatic rings. The molecule has 180 valence electrons. The lowest BCUT2D eigenvalue weighted by atomic mass is 9.95. The van der Waals surface area contributed by atoms with Gasteiger partial charge in [-0.2, -0.15) is 0 Å². The third kappa shape index (κ3) is 3.86. The van der Waals surface area contributed by atoms with Crippen LogP contribution in [0, 0.1) is 18.6 Å². The van der Waals surface area contributed by atoms with Crippen molar-refractivity contribution in [1.82, 2.24) is 9.88 Å². The Hall–Kier alpha value is -4.01. The molecule has 1 aromatic heterocycles. The lowest BCUT2D eigenvalue weighted by Gasteiger charge is -2.39. The maximum Gasteiger partial charge on any atom is 0.279 e. The molecule has 2 aromatic carbocycles. The van der Waals surface area contributed by atoms with Crippen molar-refractivity contribution < 1.29 is 23.5 Å². The summed E-state index contributed by atoms with van der Waals surface area (Å²) in [5.74, 6) is -3.86. The summed E-state index contributed by atoms with van der Waals surface area (Å²) < 4.78 is 29.8. The van der Waals surface area contributed by atoms with Crippen molar-refractivity contribution in [2.24, 2.45) is 0 Å². The predicted octanol–water partition coefficient (Wildman–Crippen LogP) is 3.61. The van der Waals surface area contributed by atoms with Gasteiger partial charge in [0.05, 0.1) is 6.04 Å². The summed E-state index contributed by atoms with van der Waals surface area (Å²) in [6, 6.07) is 9.56. The Morgan fingerprint density at radius 2 is 1.89 bits per heavy atom. The molecule has 0 spiro atoms. The van der Waals surface area contributed by atoms with Gasteiger partial charge in [0, 0.05) is 30.5 Å². The van der Waals surface area contributed by atoms with Crippen molar-refractivity contribution in [2.45, 2.75) is 38.8 Å². The van der Waals surface area contributed by atoms with Crippen molar-refractivity contribution in [3.63, 3.8) is 0 Å². The van der Waals surface area contributed by atoms with E-state index in [1.807, 2.05) is 24.3 Å². The number of carbonyl (C=O) groups is 2. The van der Waals surface area contributed by atoms with E-state index in [4.69, 9.17) is 0 Å². The standard InChI is InChI=1S/C26H23F2N3O4/c1-14-9-19(27)17(20(28)10-14)11-29-25(34)18-13-30-16-7-4-6-15-5-2-3-8-21(15)31(12-16)26(35)22(30)24(33)23(18)32/h2-3,5,8-10,13,16,33H,4,6-7,11-12H2,1H3,(H,29,34)/t16-/m1/s1. The number of amides is 2. The molecule has 0 fully saturated rings. The second kappa shape index (κ2) is 8.65. The first kappa shape index (κ1) is 22.8. The van der Waals surface area contributed by atoms with Gasteiger partial charge in [0.1, 0.15) is 17.2 Å². The maximum absolute atomic E-state index is 14.2. The van der Waals surface area contributed by atoms with Crippen LogP contribution in [-0.4, -0.2) is 28.0 Å². The van der Waals surface area contributed by atoms with Crippen LogP contribution in [0.15, 0.2) is 47.4 Å². The molecular weight excluding hydrogens is 456 g/mol. The molecule has 35 heavy (non-hydrogen) atoms. The van der Waals surface area contributed by atoms with Crippen LogP contribution < -0.4 is 15.6 Å². The molecule has 0 radical (unpaired) electrons. The average Bonchev–Trinajstić information content (AvgIpc) is 2.80. The molecule has 7 nitrogen and oxygen atoms in total. The zero-order valence-corrected chi connectivity index (χ0v) is 19.0. The molecule has 5 rings (SSSR count). The molecule has 3 aromatic rings. The molecule has 2 aliphatic heterocycles. The number of halogens is 2. The summed E-state index contributed by atoms with van der Waals surface area (Å²) in [5.41, 5.74) is 0.227. The third-order valence-corrected chi connectivity index (χ3v) is 6.67. The Morgan fingerprint density at radius 3 is 2.63 bits per heavy atom. The van der Waals surface area contributed by atoms with E-state index >= 15 is 0 Å². The highest BCUT2D eigenvalue weighted by Gasteiger charge is 2.37. The van der Waals surface area contributed by atoms with Crippen molar-refractivity contribution >= 4 is 17.5 Å². The van der Waals surface area contributed by atoms with E-state index in [1.54, 1.807) is 11.8 Å². The van der Waals surface area contributed by atoms with E-state index in [0.29, 0.717) is 18.5 Å². The monoisotopic (exact) mass is 479 g/mol. The fraction of sp³-hybridized carbons (Fsp3) is 0.269.